The molecule has 0 saturated carbocycles. The van der Waals surface area contributed by atoms with Crippen LogP contribution in [0.15, 0.2) is 0 Å². The van der Waals surface area contributed by atoms with Crippen LogP contribution in [0.25, 0.3) is 0 Å². The average molecular weight is 507 g/mol. The van der Waals surface area contributed by atoms with Crippen LogP contribution in [0, 0.1) is 11.3 Å². The molecule has 2 heterocycles. The number of rotatable bonds is 11. The van der Waals surface area contributed by atoms with E-state index in [1.54, 1.807) is 0 Å². The zero-order valence-corrected chi connectivity index (χ0v) is 25.6. The summed E-state index contributed by atoms with van der Waals surface area (Å²) in [5, 5.41) is 7.19. The molecule has 2 aliphatic heterocycles. The minimum Gasteiger partial charge on any atom is -0.317 e. The van der Waals surface area contributed by atoms with Crippen molar-refractivity contribution in [3.8, 4) is 0 Å². The zero-order chi connectivity index (χ0) is 26.0. The van der Waals surface area contributed by atoms with E-state index in [9.17, 15) is 0 Å². The summed E-state index contributed by atoms with van der Waals surface area (Å²) in [5.74, 6) is 1.02. The Morgan fingerprint density at radius 3 is 1.72 bits per heavy atom. The van der Waals surface area contributed by atoms with E-state index >= 15 is 0 Å². The van der Waals surface area contributed by atoms with Crippen molar-refractivity contribution in [3.05, 3.63) is 0 Å². The molecule has 2 N–H and O–H groups in total. The smallest absolute Gasteiger partial charge is 0.000252 e. The van der Waals surface area contributed by atoms with Crippen molar-refractivity contribution in [3.63, 3.8) is 0 Å². The van der Waals surface area contributed by atoms with Gasteiger partial charge >= 0.3 is 0 Å². The molecule has 1 unspecified atom stereocenters. The maximum absolute atomic E-state index is 3.63. The molecule has 0 aromatic rings. The molecule has 2 heteroatoms. The molecular formula is C34H70N2. The molecule has 0 aromatic carbocycles. The Morgan fingerprint density at radius 1 is 0.528 bits per heavy atom. The summed E-state index contributed by atoms with van der Waals surface area (Å²) in [6, 6.07) is 0. The van der Waals surface area contributed by atoms with Crippen LogP contribution in [-0.2, 0) is 0 Å². The first-order chi connectivity index (χ1) is 17.6. The van der Waals surface area contributed by atoms with Crippen molar-refractivity contribution >= 4 is 0 Å². The van der Waals surface area contributed by atoms with Gasteiger partial charge in [-0.2, -0.15) is 0 Å². The van der Waals surface area contributed by atoms with Crippen LogP contribution in [0.4, 0.5) is 0 Å². The van der Waals surface area contributed by atoms with Crippen molar-refractivity contribution in [1.82, 2.24) is 10.6 Å². The van der Waals surface area contributed by atoms with Crippen molar-refractivity contribution in [2.75, 3.05) is 26.2 Å². The molecule has 0 aliphatic carbocycles. The van der Waals surface area contributed by atoms with Crippen LogP contribution in [-0.4, -0.2) is 26.2 Å². The molecule has 0 aromatic heterocycles. The fourth-order valence-corrected chi connectivity index (χ4v) is 6.07. The first-order valence-electron chi connectivity index (χ1n) is 17.1. The average Bonchev–Trinajstić information content (AvgIpc) is 2.84. The summed E-state index contributed by atoms with van der Waals surface area (Å²) >= 11 is 0. The monoisotopic (exact) mass is 507 g/mol. The predicted octanol–water partition coefficient (Wildman–Crippen LogP) is 10.6. The predicted molar refractivity (Wildman–Crippen MR) is 164 cm³/mol. The van der Waals surface area contributed by atoms with E-state index in [2.05, 4.69) is 31.4 Å². The fraction of sp³-hybridized carbons (Fsp3) is 1.00. The molecule has 0 amide bonds. The third-order valence-electron chi connectivity index (χ3n) is 8.72. The van der Waals surface area contributed by atoms with E-state index in [0.717, 1.165) is 5.92 Å². The SMILES string of the molecule is CC1(C)CCCCCCCCCCCNC1.CCCCCCCCCCCCC1CCCCNCC1. The Kier molecular flexibility index (Phi) is 23.8. The van der Waals surface area contributed by atoms with Crippen LogP contribution in [0.2, 0.25) is 0 Å². The minimum absolute atomic E-state index is 0.504. The highest BCUT2D eigenvalue weighted by atomic mass is 14.9. The Balaban J connectivity index is 0.000000369. The molecule has 2 aliphatic rings. The van der Waals surface area contributed by atoms with Gasteiger partial charge in [0.1, 0.15) is 0 Å². The lowest BCUT2D eigenvalue weighted by Crippen LogP contribution is -2.30. The summed E-state index contributed by atoms with van der Waals surface area (Å²) in [7, 11) is 0. The van der Waals surface area contributed by atoms with E-state index in [1.807, 2.05) is 0 Å². The largest absolute Gasteiger partial charge is 0.317 e. The number of hydrogen-bond acceptors (Lipinski definition) is 2. The van der Waals surface area contributed by atoms with Gasteiger partial charge in [-0.15, -0.1) is 0 Å². The molecule has 36 heavy (non-hydrogen) atoms. The summed E-state index contributed by atoms with van der Waals surface area (Å²) in [5.41, 5.74) is 0.504. The summed E-state index contributed by atoms with van der Waals surface area (Å²) in [6.45, 7) is 12.1. The van der Waals surface area contributed by atoms with E-state index in [0.29, 0.717) is 5.41 Å². The van der Waals surface area contributed by atoms with Crippen molar-refractivity contribution in [2.45, 2.75) is 181 Å². The maximum Gasteiger partial charge on any atom is 0.000252 e. The van der Waals surface area contributed by atoms with Crippen LogP contribution < -0.4 is 10.6 Å². The van der Waals surface area contributed by atoms with Gasteiger partial charge in [-0.3, -0.25) is 0 Å². The highest BCUT2D eigenvalue weighted by Gasteiger charge is 2.16. The number of unbranched alkanes of at least 4 members (excludes halogenated alkanes) is 9. The molecule has 2 saturated heterocycles. The minimum atomic E-state index is 0.504. The maximum atomic E-state index is 3.63. The lowest BCUT2D eigenvalue weighted by molar-refractivity contribution is 0.299. The van der Waals surface area contributed by atoms with Crippen molar-refractivity contribution in [1.29, 1.82) is 0 Å². The zero-order valence-electron chi connectivity index (χ0n) is 25.6. The van der Waals surface area contributed by atoms with Gasteiger partial charge in [0.15, 0.2) is 0 Å². The second kappa shape index (κ2) is 25.2. The van der Waals surface area contributed by atoms with E-state index in [4.69, 9.17) is 0 Å². The molecule has 216 valence electrons. The van der Waals surface area contributed by atoms with Gasteiger partial charge < -0.3 is 10.6 Å². The van der Waals surface area contributed by atoms with Crippen LogP contribution in [0.1, 0.15) is 181 Å². The Hall–Kier alpha value is -0.0800. The van der Waals surface area contributed by atoms with Crippen LogP contribution in [0.5, 0.6) is 0 Å². The molecule has 1 atom stereocenters. The normalized spacial score (nSPS) is 22.9. The molecule has 2 rings (SSSR count). The van der Waals surface area contributed by atoms with Crippen LogP contribution >= 0.6 is 0 Å². The lowest BCUT2D eigenvalue weighted by Gasteiger charge is -2.25. The molecule has 2 nitrogen and oxygen atoms in total. The molecule has 2 fully saturated rings. The van der Waals surface area contributed by atoms with Crippen molar-refractivity contribution in [2.24, 2.45) is 11.3 Å². The van der Waals surface area contributed by atoms with Gasteiger partial charge in [0.05, 0.1) is 0 Å². The van der Waals surface area contributed by atoms with Gasteiger partial charge in [-0.05, 0) is 56.7 Å². The molecular weight excluding hydrogens is 436 g/mol. The summed E-state index contributed by atoms with van der Waals surface area (Å²) in [6.07, 6.45) is 36.3. The highest BCUT2D eigenvalue weighted by molar-refractivity contribution is 4.72. The Labute approximate surface area is 229 Å². The standard InChI is InChI=1S/C19H39N.C15H31N/c1-2-3-4-5-6-7-8-9-10-11-14-19-15-12-13-17-20-18-16-19;1-15(2)12-10-8-6-4-3-5-7-9-11-13-16-14-15/h19-20H,2-18H2,1H3;16H,3-14H2,1-2H3. The fourth-order valence-electron chi connectivity index (χ4n) is 6.07. The van der Waals surface area contributed by atoms with Crippen LogP contribution in [0.3, 0.4) is 0 Å². The van der Waals surface area contributed by atoms with E-state index < -0.39 is 0 Å². The second-order valence-electron chi connectivity index (χ2n) is 13.1. The third-order valence-corrected chi connectivity index (χ3v) is 8.72. The Bertz CT molecular complexity index is 409. The van der Waals surface area contributed by atoms with Gasteiger partial charge in [-0.1, -0.05) is 156 Å². The topological polar surface area (TPSA) is 24.1 Å². The van der Waals surface area contributed by atoms with E-state index in [-0.39, 0.29) is 0 Å². The quantitative estimate of drug-likeness (QED) is 0.272. The first kappa shape index (κ1) is 33.9. The second-order valence-corrected chi connectivity index (χ2v) is 13.1. The van der Waals surface area contributed by atoms with Gasteiger partial charge in [0.2, 0.25) is 0 Å². The summed E-state index contributed by atoms with van der Waals surface area (Å²) < 4.78 is 0. The van der Waals surface area contributed by atoms with Crippen molar-refractivity contribution < 1.29 is 0 Å². The lowest BCUT2D eigenvalue weighted by atomic mass is 9.86. The molecule has 0 spiro atoms. The molecule has 0 bridgehead atoms. The van der Waals surface area contributed by atoms with E-state index in [1.165, 1.54) is 187 Å². The summed E-state index contributed by atoms with van der Waals surface area (Å²) in [4.78, 5) is 0. The van der Waals surface area contributed by atoms with Gasteiger partial charge in [0, 0.05) is 6.54 Å². The third kappa shape index (κ3) is 23.1. The first-order valence-corrected chi connectivity index (χ1v) is 17.1. The Morgan fingerprint density at radius 2 is 1.06 bits per heavy atom. The number of hydrogen-bond donors (Lipinski definition) is 2. The van der Waals surface area contributed by atoms with Gasteiger partial charge in [-0.25, -0.2) is 0 Å². The number of nitrogens with one attached hydrogen (secondary N) is 2. The van der Waals surface area contributed by atoms with Gasteiger partial charge in [0.25, 0.3) is 0 Å². The molecule has 0 radical (unpaired) electrons. The highest BCUT2D eigenvalue weighted by Crippen LogP contribution is 2.24.